The molecule has 8 heteroatoms. The molecule has 1 saturated heterocycles. The number of rotatable bonds is 5. The Labute approximate surface area is 128 Å². The topological polar surface area (TPSA) is 66.8 Å². The highest BCUT2D eigenvalue weighted by Gasteiger charge is 2.31. The van der Waals surface area contributed by atoms with Crippen molar-refractivity contribution < 1.29 is 22.7 Å². The Bertz CT molecular complexity index is 588. The van der Waals surface area contributed by atoms with Crippen molar-refractivity contribution in [2.75, 3.05) is 26.3 Å². The molecule has 1 heterocycles. The van der Waals surface area contributed by atoms with Crippen LogP contribution in [0.3, 0.4) is 0 Å². The van der Waals surface area contributed by atoms with Gasteiger partial charge in [0.1, 0.15) is 10.7 Å². The molecule has 2 rings (SSSR count). The molecule has 0 spiro atoms. The standard InChI is InChI=1S/C13H17ClFNO4S/c14-12-9-10(15)1-2-13(12)21(18,19)16-5-3-11(4-6-16)20-8-7-17/h1-2,9,11,17H,3-8H2. The summed E-state index contributed by atoms with van der Waals surface area (Å²) >= 11 is 5.83. The third-order valence-corrected chi connectivity index (χ3v) is 5.74. The van der Waals surface area contributed by atoms with Crippen molar-refractivity contribution in [3.63, 3.8) is 0 Å². The van der Waals surface area contributed by atoms with E-state index < -0.39 is 15.8 Å². The molecule has 0 atom stereocenters. The summed E-state index contributed by atoms with van der Waals surface area (Å²) in [4.78, 5) is -0.0831. The maximum Gasteiger partial charge on any atom is 0.244 e. The van der Waals surface area contributed by atoms with E-state index in [4.69, 9.17) is 21.4 Å². The van der Waals surface area contributed by atoms with Gasteiger partial charge < -0.3 is 9.84 Å². The van der Waals surface area contributed by atoms with Crippen molar-refractivity contribution in [2.45, 2.75) is 23.8 Å². The smallest absolute Gasteiger partial charge is 0.244 e. The monoisotopic (exact) mass is 337 g/mol. The summed E-state index contributed by atoms with van der Waals surface area (Å²) in [6.45, 7) is 0.823. The second-order valence-electron chi connectivity index (χ2n) is 4.77. The van der Waals surface area contributed by atoms with E-state index in [1.807, 2.05) is 0 Å². The summed E-state index contributed by atoms with van der Waals surface area (Å²) in [5.41, 5.74) is 0. The van der Waals surface area contributed by atoms with Crippen LogP contribution in [-0.2, 0) is 14.8 Å². The fraction of sp³-hybridized carbons (Fsp3) is 0.538. The first-order valence-corrected chi connectivity index (χ1v) is 8.44. The van der Waals surface area contributed by atoms with Crippen LogP contribution >= 0.6 is 11.6 Å². The highest BCUT2D eigenvalue weighted by Crippen LogP contribution is 2.27. The van der Waals surface area contributed by atoms with E-state index in [1.165, 1.54) is 10.4 Å². The molecule has 118 valence electrons. The first kappa shape index (κ1) is 16.6. The number of aliphatic hydroxyl groups is 1. The van der Waals surface area contributed by atoms with E-state index in [2.05, 4.69) is 0 Å². The zero-order valence-corrected chi connectivity index (χ0v) is 12.9. The van der Waals surface area contributed by atoms with Gasteiger partial charge in [-0.1, -0.05) is 11.6 Å². The summed E-state index contributed by atoms with van der Waals surface area (Å²) < 4.78 is 44.7. The normalized spacial score (nSPS) is 18.0. The van der Waals surface area contributed by atoms with Crippen LogP contribution in [0.15, 0.2) is 23.1 Å². The number of halogens is 2. The highest BCUT2D eigenvalue weighted by atomic mass is 35.5. The Kier molecular flexibility index (Phi) is 5.56. The Morgan fingerprint density at radius 3 is 2.62 bits per heavy atom. The number of hydrogen-bond acceptors (Lipinski definition) is 4. The van der Waals surface area contributed by atoms with E-state index in [9.17, 15) is 12.8 Å². The number of ether oxygens (including phenoxy) is 1. The highest BCUT2D eigenvalue weighted by molar-refractivity contribution is 7.89. The molecule has 1 aliphatic heterocycles. The van der Waals surface area contributed by atoms with Crippen LogP contribution < -0.4 is 0 Å². The SMILES string of the molecule is O=S(=O)(c1ccc(F)cc1Cl)N1CCC(OCCO)CC1. The number of aliphatic hydroxyl groups excluding tert-OH is 1. The predicted molar refractivity (Wildman–Crippen MR) is 76.2 cm³/mol. The number of sulfonamides is 1. The fourth-order valence-electron chi connectivity index (χ4n) is 2.28. The molecule has 0 aliphatic carbocycles. The molecule has 0 bridgehead atoms. The van der Waals surface area contributed by atoms with Crippen LogP contribution in [0.1, 0.15) is 12.8 Å². The van der Waals surface area contributed by atoms with Crippen molar-refractivity contribution in [3.05, 3.63) is 29.0 Å². The lowest BCUT2D eigenvalue weighted by Crippen LogP contribution is -2.41. The molecule has 0 amide bonds. The maximum absolute atomic E-state index is 13.0. The van der Waals surface area contributed by atoms with E-state index >= 15 is 0 Å². The van der Waals surface area contributed by atoms with Gasteiger partial charge in [0.2, 0.25) is 10.0 Å². The van der Waals surface area contributed by atoms with Crippen LogP contribution in [0.5, 0.6) is 0 Å². The Balaban J connectivity index is 2.08. The second-order valence-corrected chi connectivity index (χ2v) is 7.09. The summed E-state index contributed by atoms with van der Waals surface area (Å²) in [6, 6.07) is 3.25. The molecule has 0 radical (unpaired) electrons. The van der Waals surface area contributed by atoms with E-state index in [1.54, 1.807) is 0 Å². The Morgan fingerprint density at radius 1 is 1.38 bits per heavy atom. The molecule has 1 fully saturated rings. The summed E-state index contributed by atoms with van der Waals surface area (Å²) in [6.07, 6.45) is 1.06. The molecule has 5 nitrogen and oxygen atoms in total. The lowest BCUT2D eigenvalue weighted by atomic mass is 10.1. The van der Waals surface area contributed by atoms with Gasteiger partial charge in [-0.05, 0) is 31.0 Å². The quantitative estimate of drug-likeness (QED) is 0.887. The van der Waals surface area contributed by atoms with Crippen molar-refractivity contribution in [1.82, 2.24) is 4.31 Å². The molecule has 1 aliphatic rings. The largest absolute Gasteiger partial charge is 0.394 e. The lowest BCUT2D eigenvalue weighted by Gasteiger charge is -2.31. The molecule has 1 aromatic rings. The lowest BCUT2D eigenvalue weighted by molar-refractivity contribution is 0.00318. The van der Waals surface area contributed by atoms with Crippen LogP contribution in [0.2, 0.25) is 5.02 Å². The van der Waals surface area contributed by atoms with Gasteiger partial charge in [0, 0.05) is 13.1 Å². The van der Waals surface area contributed by atoms with E-state index in [0.717, 1.165) is 12.1 Å². The summed E-state index contributed by atoms with van der Waals surface area (Å²) in [5, 5.41) is 8.59. The number of benzene rings is 1. The fourth-order valence-corrected chi connectivity index (χ4v) is 4.26. The summed E-state index contributed by atoms with van der Waals surface area (Å²) in [5.74, 6) is -0.574. The van der Waals surface area contributed by atoms with Gasteiger partial charge in [0.15, 0.2) is 0 Å². The van der Waals surface area contributed by atoms with Gasteiger partial charge in [-0.25, -0.2) is 12.8 Å². The number of nitrogens with zero attached hydrogens (tertiary/aromatic N) is 1. The van der Waals surface area contributed by atoms with Gasteiger partial charge in [-0.2, -0.15) is 4.31 Å². The zero-order valence-electron chi connectivity index (χ0n) is 11.3. The van der Waals surface area contributed by atoms with Crippen LogP contribution in [0, 0.1) is 5.82 Å². The van der Waals surface area contributed by atoms with Crippen molar-refractivity contribution in [1.29, 1.82) is 0 Å². The van der Waals surface area contributed by atoms with Gasteiger partial charge in [0.25, 0.3) is 0 Å². The molecular formula is C13H17ClFNO4S. The van der Waals surface area contributed by atoms with Crippen LogP contribution in [0.4, 0.5) is 4.39 Å². The third kappa shape index (κ3) is 3.92. The van der Waals surface area contributed by atoms with Gasteiger partial charge in [-0.3, -0.25) is 0 Å². The zero-order chi connectivity index (χ0) is 15.5. The summed E-state index contributed by atoms with van der Waals surface area (Å²) in [7, 11) is -3.72. The Hall–Kier alpha value is -0.730. The molecular weight excluding hydrogens is 321 g/mol. The number of piperidine rings is 1. The third-order valence-electron chi connectivity index (χ3n) is 3.36. The van der Waals surface area contributed by atoms with Gasteiger partial charge >= 0.3 is 0 Å². The minimum absolute atomic E-state index is 0.0488. The molecule has 0 saturated carbocycles. The average Bonchev–Trinajstić information content (AvgIpc) is 2.45. The first-order chi connectivity index (χ1) is 9.95. The molecule has 0 unspecified atom stereocenters. The molecule has 21 heavy (non-hydrogen) atoms. The molecule has 0 aromatic heterocycles. The molecule has 1 N–H and O–H groups in total. The van der Waals surface area contributed by atoms with Crippen molar-refractivity contribution >= 4 is 21.6 Å². The number of hydrogen-bond donors (Lipinski definition) is 1. The van der Waals surface area contributed by atoms with Gasteiger partial charge in [0.05, 0.1) is 24.3 Å². The van der Waals surface area contributed by atoms with Crippen molar-refractivity contribution in [3.8, 4) is 0 Å². The van der Waals surface area contributed by atoms with E-state index in [-0.39, 0.29) is 29.2 Å². The predicted octanol–water partition coefficient (Wildman–Crippen LogP) is 1.64. The van der Waals surface area contributed by atoms with Crippen LogP contribution in [-0.4, -0.2) is 50.2 Å². The Morgan fingerprint density at radius 2 is 2.05 bits per heavy atom. The minimum atomic E-state index is -3.72. The second kappa shape index (κ2) is 7.02. The molecule has 1 aromatic carbocycles. The van der Waals surface area contributed by atoms with Gasteiger partial charge in [-0.15, -0.1) is 0 Å². The average molecular weight is 338 g/mol. The maximum atomic E-state index is 13.0. The first-order valence-electron chi connectivity index (χ1n) is 6.63. The van der Waals surface area contributed by atoms with Crippen molar-refractivity contribution in [2.24, 2.45) is 0 Å². The van der Waals surface area contributed by atoms with Crippen LogP contribution in [0.25, 0.3) is 0 Å². The van der Waals surface area contributed by atoms with E-state index in [0.29, 0.717) is 25.9 Å². The minimum Gasteiger partial charge on any atom is -0.394 e.